The van der Waals surface area contributed by atoms with Crippen molar-refractivity contribution in [1.82, 2.24) is 10.2 Å². The fourth-order valence-electron chi connectivity index (χ4n) is 2.46. The Bertz CT molecular complexity index is 730. The van der Waals surface area contributed by atoms with Crippen molar-refractivity contribution in [2.75, 3.05) is 28.3 Å². The highest BCUT2D eigenvalue weighted by Crippen LogP contribution is 2.35. The van der Waals surface area contributed by atoms with Crippen LogP contribution in [0.15, 0.2) is 36.4 Å². The number of carbonyl (C=O) groups excluding carboxylic acids is 1. The Kier molecular flexibility index (Phi) is 6.67. The van der Waals surface area contributed by atoms with Crippen LogP contribution >= 0.6 is 11.6 Å². The maximum atomic E-state index is 12.4. The summed E-state index contributed by atoms with van der Waals surface area (Å²) in [5.41, 5.74) is 2.68. The van der Waals surface area contributed by atoms with Gasteiger partial charge in [-0.25, -0.2) is 0 Å². The van der Waals surface area contributed by atoms with Crippen LogP contribution in [0.4, 0.5) is 0 Å². The van der Waals surface area contributed by atoms with Crippen molar-refractivity contribution in [1.29, 1.82) is 0 Å². The monoisotopic (exact) mass is 362 g/mol. The van der Waals surface area contributed by atoms with E-state index in [9.17, 15) is 4.79 Å². The average Bonchev–Trinajstić information content (AvgIpc) is 2.59. The van der Waals surface area contributed by atoms with E-state index in [4.69, 9.17) is 21.1 Å². The number of hydrogen-bond donors (Lipinski definition) is 1. The smallest absolute Gasteiger partial charge is 0.251 e. The van der Waals surface area contributed by atoms with Gasteiger partial charge in [-0.05, 0) is 37.4 Å². The Hall–Kier alpha value is -2.24. The minimum Gasteiger partial charge on any atom is -0.493 e. The molecule has 0 spiro atoms. The zero-order chi connectivity index (χ0) is 18.4. The van der Waals surface area contributed by atoms with Gasteiger partial charge in [0, 0.05) is 18.7 Å². The normalized spacial score (nSPS) is 10.6. The maximum Gasteiger partial charge on any atom is 0.251 e. The number of ether oxygens (including phenoxy) is 2. The SMILES string of the molecule is COc1cc(C(=O)NCc2ccc(CN(C)C)cc2)cc(Cl)c1OC. The first-order valence-corrected chi connectivity index (χ1v) is 8.24. The predicted molar refractivity (Wildman–Crippen MR) is 99.6 cm³/mol. The number of benzene rings is 2. The molecule has 0 atom stereocenters. The van der Waals surface area contributed by atoms with Crippen LogP contribution in [0.3, 0.4) is 0 Å². The highest BCUT2D eigenvalue weighted by atomic mass is 35.5. The molecule has 0 aliphatic rings. The minimum absolute atomic E-state index is 0.222. The van der Waals surface area contributed by atoms with Crippen LogP contribution in [-0.2, 0) is 13.1 Å². The first-order chi connectivity index (χ1) is 11.9. The molecule has 5 nitrogen and oxygen atoms in total. The number of hydrogen-bond acceptors (Lipinski definition) is 4. The van der Waals surface area contributed by atoms with Crippen LogP contribution in [-0.4, -0.2) is 39.1 Å². The van der Waals surface area contributed by atoms with E-state index in [0.29, 0.717) is 28.6 Å². The summed E-state index contributed by atoms with van der Waals surface area (Å²) < 4.78 is 10.4. The van der Waals surface area contributed by atoms with E-state index in [-0.39, 0.29) is 5.91 Å². The summed E-state index contributed by atoms with van der Waals surface area (Å²) in [7, 11) is 7.07. The van der Waals surface area contributed by atoms with Gasteiger partial charge in [-0.2, -0.15) is 0 Å². The van der Waals surface area contributed by atoms with E-state index in [1.807, 2.05) is 26.2 Å². The van der Waals surface area contributed by atoms with Gasteiger partial charge in [0.25, 0.3) is 5.91 Å². The molecule has 2 aromatic rings. The van der Waals surface area contributed by atoms with E-state index in [1.54, 1.807) is 12.1 Å². The van der Waals surface area contributed by atoms with Gasteiger partial charge in [-0.3, -0.25) is 4.79 Å². The molecular formula is C19H23ClN2O3. The number of amides is 1. The molecular weight excluding hydrogens is 340 g/mol. The van der Waals surface area contributed by atoms with Crippen molar-refractivity contribution in [3.8, 4) is 11.5 Å². The minimum atomic E-state index is -0.222. The molecule has 1 amide bonds. The van der Waals surface area contributed by atoms with Gasteiger partial charge in [0.15, 0.2) is 11.5 Å². The van der Waals surface area contributed by atoms with Crippen molar-refractivity contribution in [2.45, 2.75) is 13.1 Å². The lowest BCUT2D eigenvalue weighted by atomic mass is 10.1. The molecule has 0 radical (unpaired) electrons. The second-order valence-electron chi connectivity index (χ2n) is 5.93. The Morgan fingerprint density at radius 3 is 2.28 bits per heavy atom. The molecule has 0 saturated carbocycles. The summed E-state index contributed by atoms with van der Waals surface area (Å²) in [5, 5.41) is 3.22. The zero-order valence-electron chi connectivity index (χ0n) is 14.9. The third kappa shape index (κ3) is 5.11. The molecule has 25 heavy (non-hydrogen) atoms. The van der Waals surface area contributed by atoms with E-state index >= 15 is 0 Å². The predicted octanol–water partition coefficient (Wildman–Crippen LogP) is 3.35. The summed E-state index contributed by atoms with van der Waals surface area (Å²) in [5.74, 6) is 0.616. The van der Waals surface area contributed by atoms with E-state index in [0.717, 1.165) is 12.1 Å². The molecule has 0 fully saturated rings. The number of nitrogens with zero attached hydrogens (tertiary/aromatic N) is 1. The number of rotatable bonds is 7. The molecule has 0 aliphatic heterocycles. The van der Waals surface area contributed by atoms with Crippen molar-refractivity contribution < 1.29 is 14.3 Å². The molecule has 134 valence electrons. The molecule has 0 bridgehead atoms. The molecule has 2 rings (SSSR count). The second-order valence-corrected chi connectivity index (χ2v) is 6.34. The molecule has 2 aromatic carbocycles. The van der Waals surface area contributed by atoms with Crippen LogP contribution in [0.25, 0.3) is 0 Å². The van der Waals surface area contributed by atoms with E-state index in [2.05, 4.69) is 22.3 Å². The molecule has 1 N–H and O–H groups in total. The third-order valence-corrected chi connectivity index (χ3v) is 3.95. The lowest BCUT2D eigenvalue weighted by Crippen LogP contribution is -2.23. The summed E-state index contributed by atoms with van der Waals surface area (Å²) in [4.78, 5) is 14.5. The Morgan fingerprint density at radius 2 is 1.72 bits per heavy atom. The van der Waals surface area contributed by atoms with Crippen LogP contribution in [0.5, 0.6) is 11.5 Å². The van der Waals surface area contributed by atoms with Crippen LogP contribution < -0.4 is 14.8 Å². The van der Waals surface area contributed by atoms with Crippen LogP contribution in [0.2, 0.25) is 5.02 Å². The van der Waals surface area contributed by atoms with Crippen molar-refractivity contribution in [3.63, 3.8) is 0 Å². The maximum absolute atomic E-state index is 12.4. The van der Waals surface area contributed by atoms with Gasteiger partial charge in [0.1, 0.15) is 0 Å². The van der Waals surface area contributed by atoms with Gasteiger partial charge in [-0.15, -0.1) is 0 Å². The fourth-order valence-corrected chi connectivity index (χ4v) is 2.75. The fraction of sp³-hybridized carbons (Fsp3) is 0.316. The highest BCUT2D eigenvalue weighted by Gasteiger charge is 2.15. The standard InChI is InChI=1S/C19H23ClN2O3/c1-22(2)12-14-7-5-13(6-8-14)11-21-19(23)15-9-16(20)18(25-4)17(10-15)24-3/h5-10H,11-12H2,1-4H3,(H,21,23). The van der Waals surface area contributed by atoms with Crippen LogP contribution in [0.1, 0.15) is 21.5 Å². The van der Waals surface area contributed by atoms with Crippen molar-refractivity contribution in [3.05, 3.63) is 58.1 Å². The van der Waals surface area contributed by atoms with Gasteiger partial charge in [0.05, 0.1) is 19.2 Å². The van der Waals surface area contributed by atoms with E-state index in [1.165, 1.54) is 19.8 Å². The molecule has 6 heteroatoms. The summed E-state index contributed by atoms with van der Waals surface area (Å²) in [6.45, 7) is 1.32. The number of halogens is 1. The molecule has 0 aromatic heterocycles. The highest BCUT2D eigenvalue weighted by molar-refractivity contribution is 6.32. The zero-order valence-corrected chi connectivity index (χ0v) is 15.7. The van der Waals surface area contributed by atoms with Gasteiger partial charge < -0.3 is 19.7 Å². The largest absolute Gasteiger partial charge is 0.493 e. The van der Waals surface area contributed by atoms with Crippen LogP contribution in [0, 0.1) is 0 Å². The molecule has 0 aliphatic carbocycles. The van der Waals surface area contributed by atoms with Gasteiger partial charge in [-0.1, -0.05) is 35.9 Å². The summed E-state index contributed by atoms with van der Waals surface area (Å²) in [6.07, 6.45) is 0. The topological polar surface area (TPSA) is 50.8 Å². The van der Waals surface area contributed by atoms with Crippen molar-refractivity contribution in [2.24, 2.45) is 0 Å². The summed E-state index contributed by atoms with van der Waals surface area (Å²) >= 11 is 6.14. The Morgan fingerprint density at radius 1 is 1.08 bits per heavy atom. The first-order valence-electron chi connectivity index (χ1n) is 7.87. The summed E-state index contributed by atoms with van der Waals surface area (Å²) in [6, 6.07) is 11.3. The van der Waals surface area contributed by atoms with E-state index < -0.39 is 0 Å². The average molecular weight is 363 g/mol. The molecule has 0 unspecified atom stereocenters. The molecule has 0 saturated heterocycles. The number of nitrogens with one attached hydrogen (secondary N) is 1. The quantitative estimate of drug-likeness (QED) is 0.820. The lowest BCUT2D eigenvalue weighted by molar-refractivity contribution is 0.0950. The first kappa shape index (κ1) is 19.1. The number of methoxy groups -OCH3 is 2. The third-order valence-electron chi connectivity index (χ3n) is 3.67. The second kappa shape index (κ2) is 8.74. The Labute approximate surface area is 153 Å². The molecule has 0 heterocycles. The van der Waals surface area contributed by atoms with Gasteiger partial charge >= 0.3 is 0 Å². The number of carbonyl (C=O) groups is 1. The van der Waals surface area contributed by atoms with Crippen molar-refractivity contribution >= 4 is 17.5 Å². The lowest BCUT2D eigenvalue weighted by Gasteiger charge is -2.12. The Balaban J connectivity index is 2.04. The van der Waals surface area contributed by atoms with Gasteiger partial charge in [0.2, 0.25) is 0 Å².